The number of nitrogens with one attached hydrogen (secondary N) is 6. The molecular formula is C69H86N14O7. The number of piperidine rings is 2. The molecule has 3 atom stereocenters. The van der Waals surface area contributed by atoms with Crippen molar-refractivity contribution < 1.29 is 33.6 Å². The molecule has 0 bridgehead atoms. The smallest absolute Gasteiger partial charge is 0.318 e. The van der Waals surface area contributed by atoms with Gasteiger partial charge in [-0.1, -0.05) is 73.8 Å². The molecular weight excluding hydrogens is 1140 g/mol. The van der Waals surface area contributed by atoms with Crippen molar-refractivity contribution in [3.63, 3.8) is 0 Å². The van der Waals surface area contributed by atoms with E-state index < -0.39 is 11.1 Å². The van der Waals surface area contributed by atoms with Crippen molar-refractivity contribution in [1.29, 1.82) is 0 Å². The second kappa shape index (κ2) is 28.5. The predicted octanol–water partition coefficient (Wildman–Crippen LogP) is 7.55. The highest BCUT2D eigenvalue weighted by atomic mass is 16.2. The molecule has 4 aromatic rings. The van der Waals surface area contributed by atoms with E-state index >= 15 is 0 Å². The van der Waals surface area contributed by atoms with Crippen molar-refractivity contribution in [1.82, 2.24) is 45.8 Å². The Hall–Kier alpha value is -9.21. The van der Waals surface area contributed by atoms with E-state index in [1.54, 1.807) is 29.2 Å². The summed E-state index contributed by atoms with van der Waals surface area (Å²) in [7, 11) is 7.96. The highest BCUT2D eigenvalue weighted by molar-refractivity contribution is 6.12. The molecule has 0 aromatic heterocycles. The molecule has 0 radical (unpaired) electrons. The normalized spacial score (nSPS) is 18.9. The fourth-order valence-corrected chi connectivity index (χ4v) is 12.6. The minimum atomic E-state index is -0.577. The zero-order chi connectivity index (χ0) is 64.4. The molecule has 0 aliphatic carbocycles. The van der Waals surface area contributed by atoms with Gasteiger partial charge in [-0.3, -0.25) is 34.0 Å². The van der Waals surface area contributed by atoms with Crippen LogP contribution in [0.1, 0.15) is 86.9 Å². The van der Waals surface area contributed by atoms with Gasteiger partial charge in [0, 0.05) is 79.0 Å². The largest absolute Gasteiger partial charge is 0.371 e. The Morgan fingerprint density at radius 1 is 0.567 bits per heavy atom. The van der Waals surface area contributed by atoms with Crippen molar-refractivity contribution in [2.24, 2.45) is 21.8 Å². The number of likely N-dealkylation sites (N-methyl/N-ethyl adjacent to an activating group) is 2. The second-order valence-electron chi connectivity index (χ2n) is 25.2. The Balaban J connectivity index is 0.000000214. The van der Waals surface area contributed by atoms with Gasteiger partial charge in [0.15, 0.2) is 0 Å². The van der Waals surface area contributed by atoms with E-state index in [0.717, 1.165) is 70.7 Å². The molecule has 21 nitrogen and oxygen atoms in total. The number of likely N-dealkylation sites (tertiary alicyclic amines) is 1. The minimum Gasteiger partial charge on any atom is -0.371 e. The van der Waals surface area contributed by atoms with E-state index in [2.05, 4.69) is 64.8 Å². The number of nitrogens with zero attached hydrogens (tertiary/aromatic N) is 8. The van der Waals surface area contributed by atoms with Gasteiger partial charge in [0.1, 0.15) is 11.7 Å². The number of aliphatic imine (C=N–C) groups is 2. The number of benzene rings is 4. The van der Waals surface area contributed by atoms with Crippen LogP contribution in [-0.2, 0) is 19.2 Å². The van der Waals surface area contributed by atoms with Crippen LogP contribution < -0.4 is 36.8 Å². The third-order valence-electron chi connectivity index (χ3n) is 17.8. The lowest BCUT2D eigenvalue weighted by atomic mass is 9.93. The Kier molecular flexibility index (Phi) is 20.7. The summed E-state index contributed by atoms with van der Waals surface area (Å²) in [6.07, 6.45) is 5.25. The maximum atomic E-state index is 13.7. The molecule has 6 aliphatic heterocycles. The van der Waals surface area contributed by atoms with E-state index in [4.69, 9.17) is 0 Å². The number of amides is 9. The summed E-state index contributed by atoms with van der Waals surface area (Å²) in [5, 5.41) is 18.1. The fraction of sp³-hybridized carbons (Fsp3) is 0.406. The molecule has 6 N–H and O–H groups in total. The average Bonchev–Trinajstić information content (AvgIpc) is 1.60. The quantitative estimate of drug-likeness (QED) is 0.0603. The molecule has 4 aromatic carbocycles. The molecule has 1 unspecified atom stereocenters. The summed E-state index contributed by atoms with van der Waals surface area (Å²) >= 11 is 0. The van der Waals surface area contributed by atoms with Gasteiger partial charge < -0.3 is 61.3 Å². The first-order chi connectivity index (χ1) is 43.0. The first kappa shape index (κ1) is 65.2. The SMILES string of the molecule is C=CC(=O)Nc1ccc(C(=O)N2CCCC(C(=O)NC3=NCC4=C3CN(C(=O)N[C@H](CN(C)C)c3ccccc3)C4(C)C)C2)cc1.C=CC(=O)Nc1ccc(N2CCC(C(=O)NC3=NCC4=C3CN(C(=O)N[C@H](CN(C)C)c3ccccc3)C4(C)C)CC2)cc1. The summed E-state index contributed by atoms with van der Waals surface area (Å²) in [6, 6.07) is 33.7. The third-order valence-corrected chi connectivity index (χ3v) is 17.8. The van der Waals surface area contributed by atoms with Crippen LogP contribution in [0.5, 0.6) is 0 Å². The molecule has 0 spiro atoms. The maximum absolute atomic E-state index is 13.7. The van der Waals surface area contributed by atoms with Crippen molar-refractivity contribution in [2.75, 3.05) is 109 Å². The number of rotatable bonds is 16. The van der Waals surface area contributed by atoms with Crippen LogP contribution in [0.2, 0.25) is 0 Å². The van der Waals surface area contributed by atoms with Gasteiger partial charge >= 0.3 is 12.1 Å². The lowest BCUT2D eigenvalue weighted by Gasteiger charge is -2.36. The Morgan fingerprint density at radius 3 is 1.43 bits per heavy atom. The zero-order valence-electron chi connectivity index (χ0n) is 53.1. The second-order valence-corrected chi connectivity index (χ2v) is 25.2. The molecule has 90 heavy (non-hydrogen) atoms. The van der Waals surface area contributed by atoms with E-state index in [-0.39, 0.29) is 65.5 Å². The summed E-state index contributed by atoms with van der Waals surface area (Å²) < 4.78 is 0. The monoisotopic (exact) mass is 1220 g/mol. The predicted molar refractivity (Wildman–Crippen MR) is 353 cm³/mol. The molecule has 474 valence electrons. The molecule has 6 heterocycles. The Labute approximate surface area is 528 Å². The fourth-order valence-electron chi connectivity index (χ4n) is 12.6. The first-order valence-corrected chi connectivity index (χ1v) is 30.9. The van der Waals surface area contributed by atoms with Crippen LogP contribution in [0.4, 0.5) is 26.7 Å². The third kappa shape index (κ3) is 15.3. The van der Waals surface area contributed by atoms with Crippen LogP contribution >= 0.6 is 0 Å². The van der Waals surface area contributed by atoms with Gasteiger partial charge in [-0.2, -0.15) is 0 Å². The van der Waals surface area contributed by atoms with E-state index in [1.165, 1.54) is 12.2 Å². The molecule has 10 rings (SSSR count). The van der Waals surface area contributed by atoms with Crippen LogP contribution in [0.25, 0.3) is 0 Å². The number of hydrogen-bond donors (Lipinski definition) is 6. The van der Waals surface area contributed by atoms with Gasteiger partial charge in [0.25, 0.3) is 5.91 Å². The number of carbonyl (C=O) groups is 7. The molecule has 6 aliphatic rings. The van der Waals surface area contributed by atoms with Crippen LogP contribution in [0.3, 0.4) is 0 Å². The zero-order valence-corrected chi connectivity index (χ0v) is 53.1. The minimum absolute atomic E-state index is 0.0181. The Morgan fingerprint density at radius 2 is 1.00 bits per heavy atom. The summed E-state index contributed by atoms with van der Waals surface area (Å²) in [6.45, 7) is 20.4. The molecule has 0 saturated carbocycles. The van der Waals surface area contributed by atoms with Gasteiger partial charge in [-0.25, -0.2) is 9.59 Å². The van der Waals surface area contributed by atoms with Crippen molar-refractivity contribution in [3.8, 4) is 0 Å². The number of urea groups is 2. The highest BCUT2D eigenvalue weighted by Gasteiger charge is 2.48. The van der Waals surface area contributed by atoms with E-state index in [1.807, 2.05) is 156 Å². The number of hydrogen-bond acceptors (Lipinski definition) is 12. The van der Waals surface area contributed by atoms with E-state index in [9.17, 15) is 33.6 Å². The van der Waals surface area contributed by atoms with Gasteiger partial charge in [0.2, 0.25) is 23.6 Å². The Bertz CT molecular complexity index is 3480. The van der Waals surface area contributed by atoms with Crippen molar-refractivity contribution >= 4 is 70.3 Å². The molecule has 2 fully saturated rings. The van der Waals surface area contributed by atoms with E-state index in [0.29, 0.717) is 88.1 Å². The van der Waals surface area contributed by atoms with Crippen LogP contribution in [-0.4, -0.2) is 182 Å². The first-order valence-electron chi connectivity index (χ1n) is 30.9. The lowest BCUT2D eigenvalue weighted by Crippen LogP contribution is -2.52. The van der Waals surface area contributed by atoms with Crippen molar-refractivity contribution in [3.05, 3.63) is 173 Å². The number of anilines is 3. The van der Waals surface area contributed by atoms with Crippen LogP contribution in [0, 0.1) is 11.8 Å². The maximum Gasteiger partial charge on any atom is 0.318 e. The van der Waals surface area contributed by atoms with Crippen LogP contribution in [0.15, 0.2) is 167 Å². The number of carbonyl (C=O) groups excluding carboxylic acids is 7. The molecule has 9 amide bonds. The standard InChI is InChI=1S/C35H43N7O4.C34H43N7O3/c1-6-30(43)37-26-16-14-24(15-17-26)33(45)41-18-10-13-25(20-41)32(44)39-31-27-21-42(35(2,3)28(27)19-36-31)34(46)38-29(22-40(4)5)23-11-8-7-9-12-23;1-6-30(42)36-25-12-14-26(15-13-25)40-18-16-24(17-19-40)32(43)38-31-27-21-41(34(2,3)28(27)20-35-31)33(44)37-29(22-39(4)5)23-10-8-7-9-11-23/h6-9,11-12,14-17,25,29H,1,10,13,18-22H2,2-5H3,(H,37,43)(H,38,46)(H,36,39,44);6-15,24,29H,1,16-22H2,2-5H3,(H,36,42)(H,37,44)(H,35,38,43)/t25?,29-;29-/m11/s1. The highest BCUT2D eigenvalue weighted by Crippen LogP contribution is 2.40. The molecule has 2 saturated heterocycles. The van der Waals surface area contributed by atoms with Gasteiger partial charge in [-0.15, -0.1) is 0 Å². The molecule has 21 heteroatoms. The topological polar surface area (TPSA) is 236 Å². The van der Waals surface area contributed by atoms with Gasteiger partial charge in [0.05, 0.1) is 55.3 Å². The lowest BCUT2D eigenvalue weighted by molar-refractivity contribution is -0.125. The summed E-state index contributed by atoms with van der Waals surface area (Å²) in [4.78, 5) is 112. The number of amidine groups is 2. The van der Waals surface area contributed by atoms with Gasteiger partial charge in [-0.05, 0) is 165 Å². The summed E-state index contributed by atoms with van der Waals surface area (Å²) in [5.41, 5.74) is 7.75. The van der Waals surface area contributed by atoms with Crippen molar-refractivity contribution in [2.45, 2.75) is 76.5 Å². The average molecular weight is 1220 g/mol. The summed E-state index contributed by atoms with van der Waals surface area (Å²) in [5.74, 6) is -0.319.